The van der Waals surface area contributed by atoms with Crippen LogP contribution in [0.1, 0.15) is 6.23 Å². The SMILES string of the molecule is Nc1nc(=O)ccn1C1O[C@H](CO)[C@@H](O)[C@H]1O. The zero-order valence-corrected chi connectivity index (χ0v) is 8.80. The molecular weight excluding hydrogens is 230 g/mol. The first-order chi connectivity index (χ1) is 8.04. The molecule has 0 aromatic carbocycles. The molecule has 1 aliphatic heterocycles. The Bertz CT molecular complexity index is 462. The Labute approximate surface area is 95.9 Å². The molecule has 1 saturated heterocycles. The van der Waals surface area contributed by atoms with Gasteiger partial charge in [0.05, 0.1) is 6.61 Å². The fraction of sp³-hybridized carbons (Fsp3) is 0.556. The molecule has 0 spiro atoms. The highest BCUT2D eigenvalue weighted by atomic mass is 16.6. The maximum Gasteiger partial charge on any atom is 0.274 e. The van der Waals surface area contributed by atoms with Crippen molar-refractivity contribution in [2.24, 2.45) is 0 Å². The molecule has 8 nitrogen and oxygen atoms in total. The summed E-state index contributed by atoms with van der Waals surface area (Å²) in [6.45, 7) is -0.428. The molecule has 0 bridgehead atoms. The third-order valence-corrected chi connectivity index (χ3v) is 2.66. The van der Waals surface area contributed by atoms with Crippen LogP contribution in [0.4, 0.5) is 5.95 Å². The van der Waals surface area contributed by atoms with Gasteiger partial charge in [-0.05, 0) is 0 Å². The van der Waals surface area contributed by atoms with E-state index in [4.69, 9.17) is 15.6 Å². The molecule has 0 saturated carbocycles. The number of aliphatic hydroxyl groups excluding tert-OH is 3. The van der Waals surface area contributed by atoms with E-state index in [0.717, 1.165) is 6.07 Å². The van der Waals surface area contributed by atoms with E-state index in [0.29, 0.717) is 0 Å². The first kappa shape index (κ1) is 12.0. The van der Waals surface area contributed by atoms with E-state index in [9.17, 15) is 15.0 Å². The number of anilines is 1. The van der Waals surface area contributed by atoms with E-state index in [1.165, 1.54) is 10.8 Å². The first-order valence-electron chi connectivity index (χ1n) is 5.01. The minimum Gasteiger partial charge on any atom is -0.394 e. The fourth-order valence-corrected chi connectivity index (χ4v) is 1.75. The largest absolute Gasteiger partial charge is 0.394 e. The van der Waals surface area contributed by atoms with Crippen molar-refractivity contribution in [2.75, 3.05) is 12.3 Å². The van der Waals surface area contributed by atoms with E-state index in [1.807, 2.05) is 0 Å². The molecule has 1 unspecified atom stereocenters. The summed E-state index contributed by atoms with van der Waals surface area (Å²) in [4.78, 5) is 14.4. The van der Waals surface area contributed by atoms with Crippen molar-refractivity contribution < 1.29 is 20.1 Å². The van der Waals surface area contributed by atoms with Crippen LogP contribution >= 0.6 is 0 Å². The van der Waals surface area contributed by atoms with Gasteiger partial charge in [0.2, 0.25) is 5.95 Å². The van der Waals surface area contributed by atoms with Gasteiger partial charge in [-0.15, -0.1) is 0 Å². The third kappa shape index (κ3) is 2.03. The summed E-state index contributed by atoms with van der Waals surface area (Å²) in [5.74, 6) is -0.132. The van der Waals surface area contributed by atoms with E-state index >= 15 is 0 Å². The number of ether oxygens (including phenoxy) is 1. The monoisotopic (exact) mass is 243 g/mol. The van der Waals surface area contributed by atoms with Crippen LogP contribution in [-0.2, 0) is 4.74 Å². The van der Waals surface area contributed by atoms with E-state index in [1.54, 1.807) is 0 Å². The number of hydrogen-bond acceptors (Lipinski definition) is 7. The van der Waals surface area contributed by atoms with Crippen molar-refractivity contribution in [3.63, 3.8) is 0 Å². The van der Waals surface area contributed by atoms with Crippen LogP contribution in [0.3, 0.4) is 0 Å². The quantitative estimate of drug-likeness (QED) is 0.449. The lowest BCUT2D eigenvalue weighted by Crippen LogP contribution is -2.33. The van der Waals surface area contributed by atoms with E-state index in [2.05, 4.69) is 4.98 Å². The van der Waals surface area contributed by atoms with Crippen molar-refractivity contribution in [1.82, 2.24) is 9.55 Å². The summed E-state index contributed by atoms with van der Waals surface area (Å²) >= 11 is 0. The van der Waals surface area contributed by atoms with Crippen molar-refractivity contribution >= 4 is 5.95 Å². The van der Waals surface area contributed by atoms with Crippen molar-refractivity contribution in [2.45, 2.75) is 24.5 Å². The van der Waals surface area contributed by atoms with E-state index in [-0.39, 0.29) is 5.95 Å². The van der Waals surface area contributed by atoms with Crippen molar-refractivity contribution in [3.8, 4) is 0 Å². The molecular formula is C9H13N3O5. The second-order valence-corrected chi connectivity index (χ2v) is 3.76. The second kappa shape index (κ2) is 4.41. The summed E-state index contributed by atoms with van der Waals surface area (Å²) in [5, 5.41) is 28.2. The summed E-state index contributed by atoms with van der Waals surface area (Å²) in [6.07, 6.45) is -3.03. The number of aliphatic hydroxyl groups is 3. The maximum absolute atomic E-state index is 10.9. The number of nitrogen functional groups attached to an aromatic ring is 1. The molecule has 1 aliphatic rings. The van der Waals surface area contributed by atoms with Gasteiger partial charge in [-0.3, -0.25) is 9.36 Å². The highest BCUT2D eigenvalue weighted by Crippen LogP contribution is 2.29. The number of hydrogen-bond donors (Lipinski definition) is 4. The second-order valence-electron chi connectivity index (χ2n) is 3.76. The molecule has 0 amide bonds. The summed E-state index contributed by atoms with van der Waals surface area (Å²) in [5.41, 5.74) is 5.00. The summed E-state index contributed by atoms with van der Waals surface area (Å²) in [6, 6.07) is 1.16. The molecule has 1 aromatic heterocycles. The Morgan fingerprint density at radius 3 is 2.71 bits per heavy atom. The average Bonchev–Trinajstić information content (AvgIpc) is 2.57. The first-order valence-corrected chi connectivity index (χ1v) is 5.01. The molecule has 0 radical (unpaired) electrons. The van der Waals surface area contributed by atoms with Crippen LogP contribution in [0, 0.1) is 0 Å². The fourth-order valence-electron chi connectivity index (χ4n) is 1.75. The van der Waals surface area contributed by atoms with Crippen LogP contribution in [-0.4, -0.2) is 49.8 Å². The average molecular weight is 243 g/mol. The number of nitrogens with zero attached hydrogens (tertiary/aromatic N) is 2. The van der Waals surface area contributed by atoms with Crippen LogP contribution in [0.2, 0.25) is 0 Å². The topological polar surface area (TPSA) is 131 Å². The zero-order chi connectivity index (χ0) is 12.6. The molecule has 1 aromatic rings. The lowest BCUT2D eigenvalue weighted by Gasteiger charge is -2.19. The normalized spacial score (nSPS) is 32.9. The number of nitrogens with two attached hydrogens (primary N) is 1. The summed E-state index contributed by atoms with van der Waals surface area (Å²) in [7, 11) is 0. The van der Waals surface area contributed by atoms with Gasteiger partial charge in [0.1, 0.15) is 18.3 Å². The van der Waals surface area contributed by atoms with Crippen molar-refractivity contribution in [3.05, 3.63) is 22.6 Å². The number of rotatable bonds is 2. The van der Waals surface area contributed by atoms with Gasteiger partial charge in [-0.25, -0.2) is 0 Å². The molecule has 8 heteroatoms. The molecule has 5 N–H and O–H groups in total. The van der Waals surface area contributed by atoms with Crippen LogP contribution in [0.25, 0.3) is 0 Å². The lowest BCUT2D eigenvalue weighted by molar-refractivity contribution is -0.0523. The Morgan fingerprint density at radius 1 is 1.47 bits per heavy atom. The minimum atomic E-state index is -1.25. The predicted molar refractivity (Wildman–Crippen MR) is 55.9 cm³/mol. The Hall–Kier alpha value is -1.48. The predicted octanol–water partition coefficient (Wildman–Crippen LogP) is -2.56. The molecule has 17 heavy (non-hydrogen) atoms. The molecule has 1 fully saturated rings. The molecule has 0 aliphatic carbocycles. The Kier molecular flexibility index (Phi) is 3.11. The molecule has 2 heterocycles. The van der Waals surface area contributed by atoms with Crippen LogP contribution in [0.15, 0.2) is 17.1 Å². The van der Waals surface area contributed by atoms with Gasteiger partial charge in [-0.2, -0.15) is 4.98 Å². The highest BCUT2D eigenvalue weighted by molar-refractivity contribution is 5.17. The van der Waals surface area contributed by atoms with Crippen LogP contribution in [0.5, 0.6) is 0 Å². The lowest BCUT2D eigenvalue weighted by atomic mass is 10.1. The highest BCUT2D eigenvalue weighted by Gasteiger charge is 2.43. The van der Waals surface area contributed by atoms with Gasteiger partial charge in [0.15, 0.2) is 6.23 Å². The third-order valence-electron chi connectivity index (χ3n) is 2.66. The van der Waals surface area contributed by atoms with E-state index < -0.39 is 36.7 Å². The van der Waals surface area contributed by atoms with Gasteiger partial charge in [0.25, 0.3) is 5.56 Å². The van der Waals surface area contributed by atoms with Gasteiger partial charge < -0.3 is 25.8 Å². The minimum absolute atomic E-state index is 0.132. The number of aromatic nitrogens is 2. The van der Waals surface area contributed by atoms with Gasteiger partial charge in [0, 0.05) is 12.3 Å². The van der Waals surface area contributed by atoms with Crippen LogP contribution < -0.4 is 11.3 Å². The molecule has 94 valence electrons. The smallest absolute Gasteiger partial charge is 0.274 e. The Balaban J connectivity index is 2.32. The molecule has 2 rings (SSSR count). The van der Waals surface area contributed by atoms with Crippen molar-refractivity contribution in [1.29, 1.82) is 0 Å². The zero-order valence-electron chi connectivity index (χ0n) is 8.80. The maximum atomic E-state index is 10.9. The standard InChI is InChI=1S/C9H13N3O5/c10-9-11-5(14)1-2-12(9)8-7(16)6(15)4(3-13)17-8/h1-2,4,6-8,13,15-16H,3H2,(H2,10,11,14)/t4-,6-,7-,8?/m1/s1. The molecule has 4 atom stereocenters. The van der Waals surface area contributed by atoms with Gasteiger partial charge >= 0.3 is 0 Å². The summed E-state index contributed by atoms with van der Waals surface area (Å²) < 4.78 is 6.46. The Morgan fingerprint density at radius 2 is 2.18 bits per heavy atom. The van der Waals surface area contributed by atoms with Gasteiger partial charge in [-0.1, -0.05) is 0 Å².